The molecular formula is C18H22N2O3. The molecule has 5 heteroatoms. The van der Waals surface area contributed by atoms with Crippen LogP contribution in [0.25, 0.3) is 0 Å². The summed E-state index contributed by atoms with van der Waals surface area (Å²) in [4.78, 5) is 16.4. The van der Waals surface area contributed by atoms with Crippen molar-refractivity contribution in [3.8, 4) is 11.5 Å². The summed E-state index contributed by atoms with van der Waals surface area (Å²) in [5, 5.41) is 12.8. The number of hydrogen-bond acceptors (Lipinski definition) is 4. The normalized spacial score (nSPS) is 12.5. The molecule has 122 valence electrons. The summed E-state index contributed by atoms with van der Waals surface area (Å²) in [5.74, 6) is 0.721. The number of amides is 1. The summed E-state index contributed by atoms with van der Waals surface area (Å²) in [6.07, 6.45) is 2.61. The van der Waals surface area contributed by atoms with Crippen LogP contribution in [0, 0.1) is 5.41 Å². The summed E-state index contributed by atoms with van der Waals surface area (Å²) < 4.78 is 5.72. The lowest BCUT2D eigenvalue weighted by Crippen LogP contribution is -2.39. The third-order valence-electron chi connectivity index (χ3n) is 3.45. The van der Waals surface area contributed by atoms with Gasteiger partial charge < -0.3 is 15.2 Å². The number of nitrogens with zero attached hydrogens (tertiary/aromatic N) is 1. The third-order valence-corrected chi connectivity index (χ3v) is 3.45. The molecular weight excluding hydrogens is 292 g/mol. The van der Waals surface area contributed by atoms with Gasteiger partial charge in [-0.25, -0.2) is 0 Å². The Kier molecular flexibility index (Phi) is 5.34. The Bertz CT molecular complexity index is 651. The van der Waals surface area contributed by atoms with Crippen LogP contribution < -0.4 is 10.1 Å². The molecule has 2 rings (SSSR count). The van der Waals surface area contributed by atoms with Gasteiger partial charge in [0.25, 0.3) is 5.91 Å². The highest BCUT2D eigenvalue weighted by Gasteiger charge is 2.23. The highest BCUT2D eigenvalue weighted by molar-refractivity contribution is 5.97. The minimum absolute atomic E-state index is 0.184. The average Bonchev–Trinajstić information content (AvgIpc) is 2.53. The van der Waals surface area contributed by atoms with E-state index in [0.29, 0.717) is 17.1 Å². The molecule has 2 N–H and O–H groups in total. The molecule has 0 saturated heterocycles. The minimum atomic E-state index is -0.627. The lowest BCUT2D eigenvalue weighted by molar-refractivity contribution is 0.0586. The molecule has 0 radical (unpaired) electrons. The Morgan fingerprint density at radius 3 is 2.65 bits per heavy atom. The van der Waals surface area contributed by atoms with E-state index in [2.05, 4.69) is 10.3 Å². The van der Waals surface area contributed by atoms with E-state index >= 15 is 0 Å². The highest BCUT2D eigenvalue weighted by atomic mass is 16.5. The molecule has 0 aliphatic rings. The molecule has 1 atom stereocenters. The van der Waals surface area contributed by atoms with Crippen molar-refractivity contribution in [2.45, 2.75) is 26.9 Å². The fourth-order valence-electron chi connectivity index (χ4n) is 1.87. The zero-order valence-corrected chi connectivity index (χ0v) is 13.6. The van der Waals surface area contributed by atoms with E-state index in [1.54, 1.807) is 48.8 Å². The Labute approximate surface area is 136 Å². The monoisotopic (exact) mass is 314 g/mol. The summed E-state index contributed by atoms with van der Waals surface area (Å²) in [6.45, 7) is 5.94. The summed E-state index contributed by atoms with van der Waals surface area (Å²) in [6, 6.07) is 10.5. The van der Waals surface area contributed by atoms with Gasteiger partial charge in [-0.2, -0.15) is 0 Å². The van der Waals surface area contributed by atoms with Crippen LogP contribution in [0.1, 0.15) is 31.1 Å². The lowest BCUT2D eigenvalue weighted by atomic mass is 9.89. The van der Waals surface area contributed by atoms with Crippen LogP contribution in [0.5, 0.6) is 11.5 Å². The summed E-state index contributed by atoms with van der Waals surface area (Å²) >= 11 is 0. The predicted octanol–water partition coefficient (Wildman–Crippen LogP) is 3.01. The van der Waals surface area contributed by atoms with Crippen molar-refractivity contribution < 1.29 is 14.6 Å². The number of pyridine rings is 1. The number of para-hydroxylation sites is 1. The molecule has 5 nitrogen and oxygen atoms in total. The number of aromatic nitrogens is 1. The fourth-order valence-corrected chi connectivity index (χ4v) is 1.87. The molecule has 0 aliphatic heterocycles. The van der Waals surface area contributed by atoms with Crippen molar-refractivity contribution >= 4 is 5.91 Å². The van der Waals surface area contributed by atoms with Gasteiger partial charge in [0.1, 0.15) is 11.5 Å². The second-order valence-corrected chi connectivity index (χ2v) is 6.38. The Morgan fingerprint density at radius 1 is 1.26 bits per heavy atom. The van der Waals surface area contributed by atoms with Gasteiger partial charge in [-0.05, 0) is 29.7 Å². The third kappa shape index (κ3) is 4.79. The van der Waals surface area contributed by atoms with Crippen molar-refractivity contribution in [3.63, 3.8) is 0 Å². The molecule has 1 heterocycles. The Balaban J connectivity index is 2.09. The van der Waals surface area contributed by atoms with Crippen molar-refractivity contribution in [1.82, 2.24) is 10.3 Å². The maximum Gasteiger partial charge on any atom is 0.255 e. The second-order valence-electron chi connectivity index (χ2n) is 6.38. The van der Waals surface area contributed by atoms with Crippen molar-refractivity contribution in [3.05, 3.63) is 54.4 Å². The average molecular weight is 314 g/mol. The van der Waals surface area contributed by atoms with E-state index in [-0.39, 0.29) is 17.9 Å². The van der Waals surface area contributed by atoms with Crippen molar-refractivity contribution in [2.24, 2.45) is 5.41 Å². The lowest BCUT2D eigenvalue weighted by Gasteiger charge is -2.26. The number of hydrogen-bond donors (Lipinski definition) is 2. The molecule has 0 spiro atoms. The second kappa shape index (κ2) is 7.24. The zero-order valence-electron chi connectivity index (χ0n) is 13.6. The number of rotatable bonds is 5. The number of ether oxygens (including phenoxy) is 1. The SMILES string of the molecule is CC(C)(C)C(O)CNC(=O)c1ccccc1Oc1cccnc1. The first-order valence-electron chi connectivity index (χ1n) is 7.51. The molecule has 2 aromatic rings. The van der Waals surface area contributed by atoms with Crippen molar-refractivity contribution in [1.29, 1.82) is 0 Å². The quantitative estimate of drug-likeness (QED) is 0.890. The van der Waals surface area contributed by atoms with Gasteiger partial charge in [0.15, 0.2) is 0 Å². The first-order chi connectivity index (χ1) is 10.9. The van der Waals surface area contributed by atoms with Crippen LogP contribution in [0.3, 0.4) is 0 Å². The molecule has 1 unspecified atom stereocenters. The molecule has 0 fully saturated rings. The topological polar surface area (TPSA) is 71.5 Å². The molecule has 0 bridgehead atoms. The van der Waals surface area contributed by atoms with Crippen molar-refractivity contribution in [2.75, 3.05) is 6.54 Å². The number of aliphatic hydroxyl groups excluding tert-OH is 1. The largest absolute Gasteiger partial charge is 0.455 e. The van der Waals surface area contributed by atoms with Gasteiger partial charge in [-0.3, -0.25) is 9.78 Å². The zero-order chi connectivity index (χ0) is 16.9. The van der Waals surface area contributed by atoms with Crippen LogP contribution >= 0.6 is 0 Å². The standard InChI is InChI=1S/C18H22N2O3/c1-18(2,3)16(21)12-20-17(22)14-8-4-5-9-15(14)23-13-7-6-10-19-11-13/h4-11,16,21H,12H2,1-3H3,(H,20,22). The number of carbonyl (C=O) groups is 1. The van der Waals surface area contributed by atoms with Gasteiger partial charge in [0.05, 0.1) is 17.9 Å². The summed E-state index contributed by atoms with van der Waals surface area (Å²) in [5.41, 5.74) is 0.122. The number of benzene rings is 1. The number of nitrogens with one attached hydrogen (secondary N) is 1. The van der Waals surface area contributed by atoms with Gasteiger partial charge in [-0.1, -0.05) is 32.9 Å². The number of aliphatic hydroxyl groups is 1. The maximum absolute atomic E-state index is 12.4. The molecule has 1 aromatic carbocycles. The van der Waals surface area contributed by atoms with Crippen LogP contribution in [0.4, 0.5) is 0 Å². The van der Waals surface area contributed by atoms with Crippen LogP contribution in [0.2, 0.25) is 0 Å². The van der Waals surface area contributed by atoms with Gasteiger partial charge >= 0.3 is 0 Å². The van der Waals surface area contributed by atoms with Gasteiger partial charge in [0, 0.05) is 12.7 Å². The maximum atomic E-state index is 12.4. The smallest absolute Gasteiger partial charge is 0.255 e. The van der Waals surface area contributed by atoms with E-state index in [9.17, 15) is 9.90 Å². The number of carbonyl (C=O) groups excluding carboxylic acids is 1. The van der Waals surface area contributed by atoms with E-state index < -0.39 is 6.10 Å². The van der Waals surface area contributed by atoms with Gasteiger partial charge in [-0.15, -0.1) is 0 Å². The van der Waals surface area contributed by atoms with E-state index in [1.807, 2.05) is 20.8 Å². The molecule has 0 aliphatic carbocycles. The Morgan fingerprint density at radius 2 is 2.00 bits per heavy atom. The molecule has 23 heavy (non-hydrogen) atoms. The first kappa shape index (κ1) is 17.0. The molecule has 1 amide bonds. The molecule has 1 aromatic heterocycles. The van der Waals surface area contributed by atoms with Crippen LogP contribution in [-0.2, 0) is 0 Å². The van der Waals surface area contributed by atoms with Crippen LogP contribution in [-0.4, -0.2) is 28.6 Å². The minimum Gasteiger partial charge on any atom is -0.455 e. The highest BCUT2D eigenvalue weighted by Crippen LogP contribution is 2.24. The van der Waals surface area contributed by atoms with E-state index in [4.69, 9.17) is 4.74 Å². The Hall–Kier alpha value is -2.40. The van der Waals surface area contributed by atoms with E-state index in [0.717, 1.165) is 0 Å². The van der Waals surface area contributed by atoms with Crippen LogP contribution in [0.15, 0.2) is 48.8 Å². The van der Waals surface area contributed by atoms with E-state index in [1.165, 1.54) is 0 Å². The summed E-state index contributed by atoms with van der Waals surface area (Å²) in [7, 11) is 0. The molecule has 0 saturated carbocycles. The van der Waals surface area contributed by atoms with Gasteiger partial charge in [0.2, 0.25) is 0 Å². The predicted molar refractivity (Wildman–Crippen MR) is 88.5 cm³/mol. The fraction of sp³-hybridized carbons (Fsp3) is 0.333. The first-order valence-corrected chi connectivity index (χ1v) is 7.51.